The summed E-state index contributed by atoms with van der Waals surface area (Å²) in [6, 6.07) is -31.3. The van der Waals surface area contributed by atoms with Gasteiger partial charge in [-0.3, -0.25) is 0 Å². The first kappa shape index (κ1) is 16.3. The highest BCUT2D eigenvalue weighted by molar-refractivity contribution is 6.20. The predicted molar refractivity (Wildman–Crippen MR) is 263 cm³/mol. The summed E-state index contributed by atoms with van der Waals surface area (Å²) in [6.45, 7) is 6.58. The van der Waals surface area contributed by atoms with Crippen LogP contribution in [0.1, 0.15) is 97.4 Å². The predicted octanol–water partition coefficient (Wildman–Crippen LogP) is 17.2. The average molecular weight is 834 g/mol. The molecule has 62 heavy (non-hydrogen) atoms. The highest BCUT2D eigenvalue weighted by Crippen LogP contribution is 2.60. The fourth-order valence-corrected chi connectivity index (χ4v) is 8.19. The summed E-state index contributed by atoms with van der Waals surface area (Å²) in [5.74, 6) is 0. The van der Waals surface area contributed by atoms with Gasteiger partial charge in [-0.25, -0.2) is 0 Å². The number of rotatable bonds is 7. The maximum atomic E-state index is 10.5. The third kappa shape index (κ3) is 5.77. The van der Waals surface area contributed by atoms with Gasteiger partial charge in [0.25, 0.3) is 0 Å². The van der Waals surface area contributed by atoms with Gasteiger partial charge in [-0.05, 0) is 122 Å². The number of fused-ring (bicyclic) bond motifs is 8. The molecule has 9 aromatic carbocycles. The Balaban J connectivity index is 1.34. The second-order valence-corrected chi connectivity index (χ2v) is 15.3. The first-order valence-corrected chi connectivity index (χ1v) is 19.1. The van der Waals surface area contributed by atoms with E-state index in [-0.39, 0.29) is 0 Å². The Morgan fingerprint density at radius 1 is 0.468 bits per heavy atom. The molecule has 0 saturated heterocycles. The number of hydrogen-bond acceptors (Lipinski definition) is 2. The van der Waals surface area contributed by atoms with Crippen LogP contribution in [0.25, 0.3) is 77.2 Å². The Bertz CT molecular complexity index is 5180. The molecule has 0 N–H and O–H groups in total. The lowest BCUT2D eigenvalue weighted by Gasteiger charge is -2.44. The van der Waals surface area contributed by atoms with Gasteiger partial charge in [0.05, 0.1) is 43.9 Å². The Morgan fingerprint density at radius 2 is 1.02 bits per heavy atom. The van der Waals surface area contributed by atoms with Crippen molar-refractivity contribution in [3.8, 4) is 44.5 Å². The van der Waals surface area contributed by atoms with E-state index < -0.39 is 322 Å². The normalized spacial score (nSPS) is 22.6. The lowest BCUT2D eigenvalue weighted by Crippen LogP contribution is -2.39. The highest BCUT2D eigenvalue weighted by atomic mass is 16.3. The van der Waals surface area contributed by atoms with Crippen molar-refractivity contribution in [1.29, 1.82) is 0 Å². The van der Waals surface area contributed by atoms with Crippen LogP contribution in [0, 0.1) is 12.3 Å². The second-order valence-electron chi connectivity index (χ2n) is 15.3. The molecule has 1 aliphatic carbocycles. The molecule has 0 spiro atoms. The van der Waals surface area contributed by atoms with E-state index in [1.165, 1.54) is 20.8 Å². The van der Waals surface area contributed by atoms with Crippen LogP contribution in [0.15, 0.2) is 198 Å². The molecular formula is C60H49NO. The number of hydrogen-bond donors (Lipinski definition) is 0. The lowest BCUT2D eigenvalue weighted by atomic mass is 9.59. The summed E-state index contributed by atoms with van der Waals surface area (Å²) < 4.78 is 321. The minimum Gasteiger partial charge on any atom is -0.455 e. The fraction of sp³-hybridized carbons (Fsp3) is 0.133. The van der Waals surface area contributed by atoms with E-state index in [0.29, 0.717) is 4.90 Å². The molecule has 1 aromatic heterocycles. The van der Waals surface area contributed by atoms with Crippen LogP contribution >= 0.6 is 0 Å². The third-order valence-electron chi connectivity index (χ3n) is 10.9. The summed E-state index contributed by atoms with van der Waals surface area (Å²) >= 11 is 0. The van der Waals surface area contributed by atoms with Crippen molar-refractivity contribution in [3.63, 3.8) is 0 Å². The first-order chi connectivity index (χ1) is 44.3. The molecular weight excluding hydrogens is 751 g/mol. The molecule has 2 heteroatoms. The molecule has 0 radical (unpaired) electrons. The zero-order valence-corrected chi connectivity index (χ0v) is 33.4. The van der Waals surface area contributed by atoms with Crippen LogP contribution in [-0.2, 0) is 5.41 Å². The van der Waals surface area contributed by atoms with Crippen molar-refractivity contribution in [3.05, 3.63) is 210 Å². The first-order valence-electron chi connectivity index (χ1n) is 36.1. The number of anilines is 3. The summed E-state index contributed by atoms with van der Waals surface area (Å²) in [6.07, 6.45) is -2.74. The van der Waals surface area contributed by atoms with E-state index in [1.807, 2.05) is 0 Å². The SMILES string of the molecule is [2H]c1c([2H])c([2H])c(-c2c([2H])c([2H])c(N(c3c([2H])c([2H])c(-c4c([2H])c([2H])c([2H])c5c4oc4c6c([2H])c([2H])c([2H])c([2H])c6c(-c6c([2H])c([2H])c([2H])c([2H])c6[2H])c([2H])c45)c(C)c3[2H])c3c([2H])c([2H])c4c(c3[2H])C(C([2H])([2H])C)(C(C)(C)C)c3c([2H])c([2H])c([2H])c([2H])c3-4)c([2H])c2[2H])c([2H])c1[2H]. The van der Waals surface area contributed by atoms with Crippen LogP contribution in [0.3, 0.4) is 0 Å². The Hall–Kier alpha value is -7.16. The molecule has 300 valence electrons. The van der Waals surface area contributed by atoms with Crippen LogP contribution in [0.5, 0.6) is 0 Å². The van der Waals surface area contributed by atoms with Crippen LogP contribution in [0.4, 0.5) is 17.1 Å². The summed E-state index contributed by atoms with van der Waals surface area (Å²) in [5, 5.41) is -2.36. The van der Waals surface area contributed by atoms with Crippen LogP contribution in [-0.4, -0.2) is 0 Å². The van der Waals surface area contributed by atoms with E-state index in [4.69, 9.17) is 25.0 Å². The van der Waals surface area contributed by atoms with Crippen molar-refractivity contribution in [1.82, 2.24) is 0 Å². The van der Waals surface area contributed by atoms with Gasteiger partial charge in [0.2, 0.25) is 0 Å². The number of benzene rings is 9. The van der Waals surface area contributed by atoms with Gasteiger partial charge in [0.1, 0.15) is 11.2 Å². The van der Waals surface area contributed by atoms with Gasteiger partial charge in [-0.2, -0.15) is 0 Å². The largest absolute Gasteiger partial charge is 0.455 e. The smallest absolute Gasteiger partial charge is 0.143 e. The van der Waals surface area contributed by atoms with Gasteiger partial charge < -0.3 is 9.32 Å². The molecule has 0 bridgehead atoms. The van der Waals surface area contributed by atoms with Gasteiger partial charge in [0.15, 0.2) is 0 Å². The fourth-order valence-electron chi connectivity index (χ4n) is 8.19. The second kappa shape index (κ2) is 14.5. The van der Waals surface area contributed by atoms with E-state index in [1.54, 1.807) is 0 Å². The van der Waals surface area contributed by atoms with Gasteiger partial charge in [-0.15, -0.1) is 0 Å². The van der Waals surface area contributed by atoms with Crippen LogP contribution < -0.4 is 4.90 Å². The van der Waals surface area contributed by atoms with Gasteiger partial charge in [0, 0.05) is 46.9 Å². The van der Waals surface area contributed by atoms with E-state index in [2.05, 4.69) is 0 Å². The summed E-state index contributed by atoms with van der Waals surface area (Å²) in [5.41, 5.74) is -15.7. The molecule has 0 amide bonds. The monoisotopic (exact) mass is 834 g/mol. The maximum Gasteiger partial charge on any atom is 0.143 e. The molecule has 10 aromatic rings. The molecule has 11 rings (SSSR count). The molecule has 0 aliphatic heterocycles. The molecule has 1 unspecified atom stereocenters. The number of furan rings is 1. The van der Waals surface area contributed by atoms with Gasteiger partial charge >= 0.3 is 0 Å². The third-order valence-corrected chi connectivity index (χ3v) is 10.9. The van der Waals surface area contributed by atoms with Crippen molar-refractivity contribution in [2.24, 2.45) is 5.41 Å². The molecule has 1 aliphatic rings. The van der Waals surface area contributed by atoms with Crippen molar-refractivity contribution in [2.45, 2.75) is 46.4 Å². The Kier molecular flexibility index (Phi) is 3.80. The summed E-state index contributed by atoms with van der Waals surface area (Å²) in [7, 11) is 0. The highest BCUT2D eigenvalue weighted by Gasteiger charge is 2.49. The topological polar surface area (TPSA) is 16.4 Å². The van der Waals surface area contributed by atoms with Crippen LogP contribution in [0.2, 0.25) is 0 Å². The molecule has 0 fully saturated rings. The zero-order chi connectivity index (χ0) is 71.8. The molecule has 2 nitrogen and oxygen atoms in total. The van der Waals surface area contributed by atoms with E-state index >= 15 is 0 Å². The van der Waals surface area contributed by atoms with E-state index in [9.17, 15) is 26.0 Å². The molecule has 1 heterocycles. The van der Waals surface area contributed by atoms with E-state index in [0.717, 1.165) is 13.8 Å². The Labute approximate surface area is 412 Å². The standard InChI is InChI=1S/C60H49NO/c1-6-60(59(3,4)5)55-27-16-15-23-48(55)49-35-33-45(37-56(49)60)61(43-30-28-41(29-31-43)40-18-9-7-10-19-40)44-32-34-46(39(2)36-44)50-25-17-26-52-54-38-53(42-20-11-8-12-21-42)47-22-13-14-24-51(47)58(54)62-57(50)52/h7-38H,6H2,1-5H3/i6D2,7D,8D,9D,10D,11D,12D,13D,14D,15D,16D,17D,18D,19D,20D,21D,22D,23D,24D,25D,26D,27D,28D,29D,30D,31D,32D,33D,34D,35D,36D,37D,38D. The Morgan fingerprint density at radius 3 is 1.74 bits per heavy atom. The quantitative estimate of drug-likeness (QED) is 0.159. The zero-order valence-electron chi connectivity index (χ0n) is 67.4. The molecule has 1 atom stereocenters. The van der Waals surface area contributed by atoms with Crippen molar-refractivity contribution < 1.29 is 51.0 Å². The minimum atomic E-state index is -2.74. The van der Waals surface area contributed by atoms with Gasteiger partial charge in [-0.1, -0.05) is 179 Å². The number of nitrogens with zero attached hydrogens (tertiary/aromatic N) is 1. The van der Waals surface area contributed by atoms with Crippen molar-refractivity contribution >= 4 is 49.8 Å². The average Bonchev–Trinajstić information content (AvgIpc) is 1.48. The van der Waals surface area contributed by atoms with Crippen molar-refractivity contribution in [2.75, 3.05) is 4.90 Å². The summed E-state index contributed by atoms with van der Waals surface area (Å²) in [4.78, 5) is 0.471. The lowest BCUT2D eigenvalue weighted by molar-refractivity contribution is 0.225. The minimum absolute atomic E-state index is 0.441. The maximum absolute atomic E-state index is 10.5. The number of para-hydroxylation sites is 1. The molecule has 0 saturated carbocycles.